The molecule has 0 amide bonds. The molecule has 5 nitrogen and oxygen atoms in total. The molecule has 158 valence electrons. The topological polar surface area (TPSA) is 64.2 Å². The van der Waals surface area contributed by atoms with Gasteiger partial charge in [-0.25, -0.2) is 0 Å². The Bertz CT molecular complexity index is 1300. The van der Waals surface area contributed by atoms with Gasteiger partial charge in [0.15, 0.2) is 5.43 Å². The zero-order valence-electron chi connectivity index (χ0n) is 16.6. The summed E-state index contributed by atoms with van der Waals surface area (Å²) >= 11 is 0. The number of pyridine rings is 2. The monoisotopic (exact) mass is 426 g/mol. The van der Waals surface area contributed by atoms with Gasteiger partial charge in [0.2, 0.25) is 0 Å². The van der Waals surface area contributed by atoms with Crippen LogP contribution in [-0.4, -0.2) is 23.4 Å². The van der Waals surface area contributed by atoms with Crippen LogP contribution < -0.4 is 14.9 Å². The molecule has 2 aromatic carbocycles. The first-order valence-corrected chi connectivity index (χ1v) is 9.28. The van der Waals surface area contributed by atoms with Gasteiger partial charge in [0.05, 0.1) is 24.0 Å². The molecule has 2 aromatic heterocycles. The first-order chi connectivity index (χ1) is 14.7. The van der Waals surface area contributed by atoms with Crippen LogP contribution in [0.3, 0.4) is 0 Å². The molecule has 0 radical (unpaired) electrons. The lowest BCUT2D eigenvalue weighted by Gasteiger charge is -2.11. The lowest BCUT2D eigenvalue weighted by atomic mass is 10.0. The average Bonchev–Trinajstić information content (AvgIpc) is 2.75. The number of ether oxygens (including phenoxy) is 2. The number of methoxy groups -OCH3 is 1. The summed E-state index contributed by atoms with van der Waals surface area (Å²) in [5.74, 6) is 0.331. The molecule has 2 heterocycles. The van der Waals surface area contributed by atoms with E-state index in [2.05, 4.69) is 14.7 Å². The molecule has 0 saturated heterocycles. The molecule has 4 rings (SSSR count). The van der Waals surface area contributed by atoms with E-state index in [4.69, 9.17) is 4.74 Å². The first kappa shape index (κ1) is 20.5. The number of fused-ring (bicyclic) bond motifs is 1. The van der Waals surface area contributed by atoms with Gasteiger partial charge >= 0.3 is 6.36 Å². The number of aromatic nitrogens is 2. The average molecular weight is 426 g/mol. The second-order valence-corrected chi connectivity index (χ2v) is 6.87. The number of aromatic amines is 1. The minimum absolute atomic E-state index is 0.0873. The second kappa shape index (κ2) is 7.79. The third-order valence-electron chi connectivity index (χ3n) is 4.88. The Balaban J connectivity index is 1.67. The molecule has 0 spiro atoms. The summed E-state index contributed by atoms with van der Waals surface area (Å²) in [4.78, 5) is 20.4. The fourth-order valence-electron chi connectivity index (χ4n) is 3.32. The summed E-state index contributed by atoms with van der Waals surface area (Å²) in [5.41, 5.74) is 3.67. The summed E-state index contributed by atoms with van der Waals surface area (Å²) < 4.78 is 46.0. The predicted molar refractivity (Wildman–Crippen MR) is 111 cm³/mol. The van der Waals surface area contributed by atoms with Crippen molar-refractivity contribution in [3.63, 3.8) is 0 Å². The minimum atomic E-state index is -4.74. The highest BCUT2D eigenvalue weighted by Gasteiger charge is 2.31. The van der Waals surface area contributed by atoms with Crippen LogP contribution in [0, 0.1) is 6.92 Å². The lowest BCUT2D eigenvalue weighted by Crippen LogP contribution is -2.16. The van der Waals surface area contributed by atoms with Gasteiger partial charge in [-0.3, -0.25) is 9.78 Å². The quantitative estimate of drug-likeness (QED) is 0.470. The number of rotatable bonds is 4. The van der Waals surface area contributed by atoms with Gasteiger partial charge in [-0.05, 0) is 55.5 Å². The van der Waals surface area contributed by atoms with E-state index < -0.39 is 6.36 Å². The van der Waals surface area contributed by atoms with Crippen molar-refractivity contribution >= 4 is 10.9 Å². The van der Waals surface area contributed by atoms with Gasteiger partial charge in [0, 0.05) is 34.3 Å². The van der Waals surface area contributed by atoms with E-state index in [0.29, 0.717) is 44.7 Å². The Labute approximate surface area is 175 Å². The standard InChI is InChI=1S/C23H17F3N2O3/c1-13-21(28-20-11-17(30-2)8-9-18(20)22(13)29)15-5-10-19(27-12-15)14-3-6-16(7-4-14)31-23(24,25)26/h3-12H,1-2H3,(H,28,29). The maximum atomic E-state index is 12.8. The Morgan fingerprint density at radius 2 is 1.61 bits per heavy atom. The van der Waals surface area contributed by atoms with Gasteiger partial charge in [-0.1, -0.05) is 0 Å². The fourth-order valence-corrected chi connectivity index (χ4v) is 3.32. The van der Waals surface area contributed by atoms with Crippen LogP contribution >= 0.6 is 0 Å². The van der Waals surface area contributed by atoms with Gasteiger partial charge in [-0.2, -0.15) is 0 Å². The summed E-state index contributed by atoms with van der Waals surface area (Å²) in [6, 6.07) is 14.2. The maximum Gasteiger partial charge on any atom is 0.573 e. The second-order valence-electron chi connectivity index (χ2n) is 6.87. The Morgan fingerprint density at radius 1 is 0.935 bits per heavy atom. The van der Waals surface area contributed by atoms with Crippen LogP contribution in [0.15, 0.2) is 65.6 Å². The van der Waals surface area contributed by atoms with E-state index in [9.17, 15) is 18.0 Å². The minimum Gasteiger partial charge on any atom is -0.497 e. The molecule has 0 unspecified atom stereocenters. The number of halogens is 3. The van der Waals surface area contributed by atoms with E-state index in [1.165, 1.54) is 24.3 Å². The highest BCUT2D eigenvalue weighted by atomic mass is 19.4. The highest BCUT2D eigenvalue weighted by Crippen LogP contribution is 2.28. The number of nitrogens with one attached hydrogen (secondary N) is 1. The van der Waals surface area contributed by atoms with Crippen LogP contribution in [-0.2, 0) is 0 Å². The van der Waals surface area contributed by atoms with Crippen molar-refractivity contribution in [1.82, 2.24) is 9.97 Å². The SMILES string of the molecule is COc1ccc2c(=O)c(C)c(-c3ccc(-c4ccc(OC(F)(F)F)cc4)nc3)[nH]c2c1. The molecule has 8 heteroatoms. The molecule has 0 aliphatic carbocycles. The van der Waals surface area contributed by atoms with E-state index in [0.717, 1.165) is 0 Å². The third kappa shape index (κ3) is 4.23. The smallest absolute Gasteiger partial charge is 0.497 e. The van der Waals surface area contributed by atoms with Crippen molar-refractivity contribution in [1.29, 1.82) is 0 Å². The van der Waals surface area contributed by atoms with Gasteiger partial charge in [0.25, 0.3) is 0 Å². The number of H-pyrrole nitrogens is 1. The lowest BCUT2D eigenvalue weighted by molar-refractivity contribution is -0.274. The van der Waals surface area contributed by atoms with Crippen molar-refractivity contribution in [3.05, 3.63) is 76.6 Å². The molecular formula is C23H17F3N2O3. The van der Waals surface area contributed by atoms with E-state index in [-0.39, 0.29) is 11.2 Å². The van der Waals surface area contributed by atoms with E-state index in [1.807, 2.05) is 0 Å². The number of alkyl halides is 3. The van der Waals surface area contributed by atoms with Crippen LogP contribution in [0.4, 0.5) is 13.2 Å². The van der Waals surface area contributed by atoms with Gasteiger partial charge < -0.3 is 14.5 Å². The number of benzene rings is 2. The predicted octanol–water partition coefficient (Wildman–Crippen LogP) is 5.47. The largest absolute Gasteiger partial charge is 0.573 e. The van der Waals surface area contributed by atoms with Crippen molar-refractivity contribution in [2.45, 2.75) is 13.3 Å². The molecular weight excluding hydrogens is 409 g/mol. The zero-order chi connectivity index (χ0) is 22.2. The normalized spacial score (nSPS) is 11.5. The molecule has 4 aromatic rings. The van der Waals surface area contributed by atoms with Crippen molar-refractivity contribution in [2.24, 2.45) is 0 Å². The molecule has 0 aliphatic heterocycles. The molecule has 0 bridgehead atoms. The zero-order valence-corrected chi connectivity index (χ0v) is 16.6. The Kier molecular flexibility index (Phi) is 5.14. The summed E-state index contributed by atoms with van der Waals surface area (Å²) in [5, 5.41) is 0.563. The molecule has 0 fully saturated rings. The summed E-state index contributed by atoms with van der Waals surface area (Å²) in [7, 11) is 1.55. The summed E-state index contributed by atoms with van der Waals surface area (Å²) in [6.45, 7) is 1.74. The van der Waals surface area contributed by atoms with Crippen LogP contribution in [0.5, 0.6) is 11.5 Å². The fraction of sp³-hybridized carbons (Fsp3) is 0.130. The van der Waals surface area contributed by atoms with Crippen molar-refractivity contribution in [2.75, 3.05) is 7.11 Å². The molecule has 31 heavy (non-hydrogen) atoms. The van der Waals surface area contributed by atoms with Crippen molar-refractivity contribution < 1.29 is 22.6 Å². The van der Waals surface area contributed by atoms with Crippen molar-refractivity contribution in [3.8, 4) is 34.0 Å². The maximum absolute atomic E-state index is 12.8. The number of hydrogen-bond donors (Lipinski definition) is 1. The molecule has 0 atom stereocenters. The molecule has 1 N–H and O–H groups in total. The van der Waals surface area contributed by atoms with E-state index >= 15 is 0 Å². The molecule has 0 aliphatic rings. The first-order valence-electron chi connectivity index (χ1n) is 9.28. The van der Waals surface area contributed by atoms with Crippen LogP contribution in [0.2, 0.25) is 0 Å². The number of nitrogens with zero attached hydrogens (tertiary/aromatic N) is 1. The van der Waals surface area contributed by atoms with Gasteiger partial charge in [0.1, 0.15) is 11.5 Å². The Morgan fingerprint density at radius 3 is 2.23 bits per heavy atom. The van der Waals surface area contributed by atoms with Gasteiger partial charge in [-0.15, -0.1) is 13.2 Å². The van der Waals surface area contributed by atoms with E-state index in [1.54, 1.807) is 50.6 Å². The Hall–Kier alpha value is -3.81. The highest BCUT2D eigenvalue weighted by molar-refractivity contribution is 5.84. The third-order valence-corrected chi connectivity index (χ3v) is 4.88. The number of hydrogen-bond acceptors (Lipinski definition) is 4. The van der Waals surface area contributed by atoms with Crippen LogP contribution in [0.1, 0.15) is 5.56 Å². The summed E-state index contributed by atoms with van der Waals surface area (Å²) in [6.07, 6.45) is -3.13. The molecule has 0 saturated carbocycles. The van der Waals surface area contributed by atoms with Crippen LogP contribution in [0.25, 0.3) is 33.4 Å².